The molecule has 3 rings (SSSR count). The van der Waals surface area contributed by atoms with E-state index in [-0.39, 0.29) is 12.2 Å². The van der Waals surface area contributed by atoms with E-state index in [1.165, 1.54) is 17.5 Å². The molecule has 1 atom stereocenters. The number of fused-ring (bicyclic) bond motifs is 1. The van der Waals surface area contributed by atoms with Gasteiger partial charge in [-0.25, -0.2) is 9.59 Å². The highest BCUT2D eigenvalue weighted by Crippen LogP contribution is 2.38. The van der Waals surface area contributed by atoms with Gasteiger partial charge in [-0.2, -0.15) is 0 Å². The topological polar surface area (TPSA) is 94.6 Å². The number of pyridine rings is 1. The highest BCUT2D eigenvalue weighted by atomic mass is 32.1. The summed E-state index contributed by atoms with van der Waals surface area (Å²) in [5, 5.41) is 3.29. The number of nitrogens with zero attached hydrogens (tertiary/aromatic N) is 1. The van der Waals surface area contributed by atoms with E-state index in [4.69, 9.17) is 9.47 Å². The number of amides is 1. The van der Waals surface area contributed by atoms with Crippen LogP contribution in [0.5, 0.6) is 0 Å². The molecule has 1 unspecified atom stereocenters. The lowest BCUT2D eigenvalue weighted by molar-refractivity contribution is -0.124. The molecule has 30 heavy (non-hydrogen) atoms. The van der Waals surface area contributed by atoms with E-state index in [0.29, 0.717) is 17.0 Å². The number of carbonyl (C=O) groups excluding carboxylic acids is 3. The number of hydrogen-bond donors (Lipinski definition) is 1. The highest BCUT2D eigenvalue weighted by molar-refractivity contribution is 7.17. The van der Waals surface area contributed by atoms with Gasteiger partial charge in [0.1, 0.15) is 5.00 Å². The van der Waals surface area contributed by atoms with Gasteiger partial charge in [-0.05, 0) is 56.7 Å². The van der Waals surface area contributed by atoms with Crippen molar-refractivity contribution >= 4 is 34.2 Å². The Labute approximate surface area is 179 Å². The third-order valence-electron chi connectivity index (χ3n) is 4.95. The Bertz CT molecular complexity index is 910. The van der Waals surface area contributed by atoms with Crippen LogP contribution in [0.4, 0.5) is 5.00 Å². The van der Waals surface area contributed by atoms with Gasteiger partial charge in [0.15, 0.2) is 6.10 Å². The zero-order valence-corrected chi connectivity index (χ0v) is 18.0. The SMILES string of the molecule is CCOC(=O)c1c(NC(=O)C(CC)OC(=O)c2cccnc2)sc2c1CCCCC2. The van der Waals surface area contributed by atoms with E-state index in [9.17, 15) is 14.4 Å². The lowest BCUT2D eigenvalue weighted by Crippen LogP contribution is -2.32. The number of ether oxygens (including phenoxy) is 2. The molecule has 1 aliphatic rings. The monoisotopic (exact) mass is 430 g/mol. The molecule has 2 aromatic rings. The van der Waals surface area contributed by atoms with E-state index in [0.717, 1.165) is 42.5 Å². The molecule has 7 nitrogen and oxygen atoms in total. The van der Waals surface area contributed by atoms with Gasteiger partial charge in [0.25, 0.3) is 5.91 Å². The molecule has 0 bridgehead atoms. The Kier molecular flexibility index (Phi) is 7.57. The maximum absolute atomic E-state index is 12.9. The first-order valence-corrected chi connectivity index (χ1v) is 11.1. The predicted molar refractivity (Wildman–Crippen MR) is 114 cm³/mol. The molecule has 0 fully saturated rings. The Hall–Kier alpha value is -2.74. The third kappa shape index (κ3) is 5.05. The molecule has 2 aromatic heterocycles. The third-order valence-corrected chi connectivity index (χ3v) is 6.15. The van der Waals surface area contributed by atoms with Crippen molar-refractivity contribution in [2.24, 2.45) is 0 Å². The number of rotatable bonds is 7. The van der Waals surface area contributed by atoms with Crippen molar-refractivity contribution in [2.75, 3.05) is 11.9 Å². The fraction of sp³-hybridized carbons (Fsp3) is 0.455. The van der Waals surface area contributed by atoms with Gasteiger partial charge in [-0.1, -0.05) is 13.3 Å². The smallest absolute Gasteiger partial charge is 0.341 e. The van der Waals surface area contributed by atoms with Crippen molar-refractivity contribution in [2.45, 2.75) is 58.5 Å². The largest absolute Gasteiger partial charge is 0.462 e. The minimum atomic E-state index is -0.977. The number of esters is 2. The van der Waals surface area contributed by atoms with Gasteiger partial charge >= 0.3 is 11.9 Å². The van der Waals surface area contributed by atoms with Crippen molar-refractivity contribution in [3.63, 3.8) is 0 Å². The Morgan fingerprint density at radius 2 is 1.97 bits per heavy atom. The quantitative estimate of drug-likeness (QED) is 0.523. The average Bonchev–Trinajstić information content (AvgIpc) is 2.92. The summed E-state index contributed by atoms with van der Waals surface area (Å²) in [5.74, 6) is -1.50. The Balaban J connectivity index is 1.80. The minimum absolute atomic E-state index is 0.261. The maximum Gasteiger partial charge on any atom is 0.341 e. The Morgan fingerprint density at radius 3 is 2.67 bits per heavy atom. The molecule has 1 N–H and O–H groups in total. The molecule has 160 valence electrons. The lowest BCUT2D eigenvalue weighted by atomic mass is 10.1. The maximum atomic E-state index is 12.9. The second-order valence-electron chi connectivity index (χ2n) is 7.02. The first kappa shape index (κ1) is 22.0. The molecule has 1 amide bonds. The number of nitrogens with one attached hydrogen (secondary N) is 1. The first-order chi connectivity index (χ1) is 14.5. The summed E-state index contributed by atoms with van der Waals surface area (Å²) in [6.07, 6.45) is 7.13. The number of aryl methyl sites for hydroxylation is 1. The van der Waals surface area contributed by atoms with Crippen molar-refractivity contribution in [3.8, 4) is 0 Å². The molecular formula is C22H26N2O5S. The van der Waals surface area contributed by atoms with Crippen LogP contribution in [0.3, 0.4) is 0 Å². The molecule has 0 aromatic carbocycles. The van der Waals surface area contributed by atoms with Crippen molar-refractivity contribution in [1.29, 1.82) is 0 Å². The molecule has 0 saturated carbocycles. The summed E-state index contributed by atoms with van der Waals surface area (Å²) in [6.45, 7) is 3.78. The summed E-state index contributed by atoms with van der Waals surface area (Å²) >= 11 is 1.42. The van der Waals surface area contributed by atoms with Crippen molar-refractivity contribution in [1.82, 2.24) is 4.98 Å². The summed E-state index contributed by atoms with van der Waals surface area (Å²) in [7, 11) is 0. The van der Waals surface area contributed by atoms with E-state index >= 15 is 0 Å². The summed E-state index contributed by atoms with van der Waals surface area (Å²) in [4.78, 5) is 42.8. The molecule has 1 aliphatic carbocycles. The van der Waals surface area contributed by atoms with Gasteiger partial charge in [-0.15, -0.1) is 11.3 Å². The predicted octanol–water partition coefficient (Wildman–Crippen LogP) is 4.16. The van der Waals surface area contributed by atoms with Crippen molar-refractivity contribution in [3.05, 3.63) is 46.1 Å². The van der Waals surface area contributed by atoms with Crippen LogP contribution in [0.25, 0.3) is 0 Å². The zero-order valence-electron chi connectivity index (χ0n) is 17.2. The zero-order chi connectivity index (χ0) is 21.5. The van der Waals surface area contributed by atoms with E-state index in [1.807, 2.05) is 0 Å². The van der Waals surface area contributed by atoms with Gasteiger partial charge in [0.05, 0.1) is 17.7 Å². The van der Waals surface area contributed by atoms with Crippen molar-refractivity contribution < 1.29 is 23.9 Å². The average molecular weight is 431 g/mol. The standard InChI is InChI=1S/C22H26N2O5S/c1-3-16(29-21(26)14-9-8-12-23-13-14)19(25)24-20-18(22(27)28-4-2)15-10-6-5-7-11-17(15)30-20/h8-9,12-13,16H,3-7,10-11H2,1-2H3,(H,24,25). The minimum Gasteiger partial charge on any atom is -0.462 e. The van der Waals surface area contributed by atoms with E-state index in [1.54, 1.807) is 32.2 Å². The van der Waals surface area contributed by atoms with Gasteiger partial charge < -0.3 is 14.8 Å². The molecule has 8 heteroatoms. The van der Waals surface area contributed by atoms with Crippen LogP contribution in [-0.2, 0) is 27.1 Å². The molecule has 0 spiro atoms. The molecule has 0 radical (unpaired) electrons. The van der Waals surface area contributed by atoms with Gasteiger partial charge in [0.2, 0.25) is 0 Å². The highest BCUT2D eigenvalue weighted by Gasteiger charge is 2.29. The fourth-order valence-electron chi connectivity index (χ4n) is 3.45. The second-order valence-corrected chi connectivity index (χ2v) is 8.13. The first-order valence-electron chi connectivity index (χ1n) is 10.3. The van der Waals surface area contributed by atoms with Crippen LogP contribution in [0, 0.1) is 0 Å². The second kappa shape index (κ2) is 10.3. The van der Waals surface area contributed by atoms with E-state index < -0.39 is 23.9 Å². The molecule has 0 saturated heterocycles. The van der Waals surface area contributed by atoms with Crippen LogP contribution in [0.15, 0.2) is 24.5 Å². The normalized spacial score (nSPS) is 14.2. The summed E-state index contributed by atoms with van der Waals surface area (Å²) in [5.41, 5.74) is 1.70. The van der Waals surface area contributed by atoms with Crippen LogP contribution in [0.1, 0.15) is 70.7 Å². The van der Waals surface area contributed by atoms with Crippen LogP contribution < -0.4 is 5.32 Å². The number of aromatic nitrogens is 1. The van der Waals surface area contributed by atoms with Crippen LogP contribution in [0.2, 0.25) is 0 Å². The molecular weight excluding hydrogens is 404 g/mol. The van der Waals surface area contributed by atoms with Crippen LogP contribution >= 0.6 is 11.3 Å². The van der Waals surface area contributed by atoms with Gasteiger partial charge in [0, 0.05) is 17.3 Å². The number of thiophene rings is 1. The number of hydrogen-bond acceptors (Lipinski definition) is 7. The number of anilines is 1. The Morgan fingerprint density at radius 1 is 1.17 bits per heavy atom. The summed E-state index contributed by atoms with van der Waals surface area (Å²) in [6, 6.07) is 3.21. The van der Waals surface area contributed by atoms with Gasteiger partial charge in [-0.3, -0.25) is 9.78 Å². The van der Waals surface area contributed by atoms with E-state index in [2.05, 4.69) is 10.3 Å². The van der Waals surface area contributed by atoms with Crippen LogP contribution in [-0.4, -0.2) is 35.5 Å². The number of carbonyl (C=O) groups is 3. The summed E-state index contributed by atoms with van der Waals surface area (Å²) < 4.78 is 10.6. The lowest BCUT2D eigenvalue weighted by Gasteiger charge is -2.16. The molecule has 0 aliphatic heterocycles. The fourth-order valence-corrected chi connectivity index (χ4v) is 4.73. The molecule has 2 heterocycles.